The molecule has 38 heavy (non-hydrogen) atoms. The van der Waals surface area contributed by atoms with Crippen LogP contribution in [0.5, 0.6) is 0 Å². The van der Waals surface area contributed by atoms with Gasteiger partial charge in [-0.1, -0.05) is 48.6 Å². The third-order valence-electron chi connectivity index (χ3n) is 9.09. The summed E-state index contributed by atoms with van der Waals surface area (Å²) >= 11 is 0. The van der Waals surface area contributed by atoms with Gasteiger partial charge in [-0.3, -0.25) is 4.90 Å². The van der Waals surface area contributed by atoms with Gasteiger partial charge >= 0.3 is 0 Å². The fourth-order valence-electron chi connectivity index (χ4n) is 6.73. The van der Waals surface area contributed by atoms with Crippen molar-refractivity contribution in [3.8, 4) is 0 Å². The quantitative estimate of drug-likeness (QED) is 0.300. The summed E-state index contributed by atoms with van der Waals surface area (Å²) < 4.78 is 2.26. The first-order chi connectivity index (χ1) is 18.8. The molecule has 194 valence electrons. The van der Waals surface area contributed by atoms with Crippen LogP contribution >= 0.6 is 0 Å². The number of anilines is 1. The third kappa shape index (κ3) is 4.64. The van der Waals surface area contributed by atoms with E-state index in [4.69, 9.17) is 4.98 Å². The number of fused-ring (bicyclic) bond motifs is 2. The Morgan fingerprint density at radius 3 is 2.58 bits per heavy atom. The fraction of sp³-hybridized carbons (Fsp3) is 0.394. The summed E-state index contributed by atoms with van der Waals surface area (Å²) in [5.41, 5.74) is 6.49. The number of hydrogen-bond donors (Lipinski definition) is 0. The highest BCUT2D eigenvalue weighted by Gasteiger charge is 2.29. The van der Waals surface area contributed by atoms with E-state index in [1.807, 2.05) is 6.20 Å². The van der Waals surface area contributed by atoms with Crippen LogP contribution < -0.4 is 4.90 Å². The number of pyridine rings is 2. The predicted molar refractivity (Wildman–Crippen MR) is 154 cm³/mol. The Morgan fingerprint density at radius 2 is 1.74 bits per heavy atom. The van der Waals surface area contributed by atoms with Crippen molar-refractivity contribution in [3.05, 3.63) is 102 Å². The van der Waals surface area contributed by atoms with Crippen molar-refractivity contribution in [1.82, 2.24) is 19.3 Å². The van der Waals surface area contributed by atoms with E-state index < -0.39 is 0 Å². The van der Waals surface area contributed by atoms with Gasteiger partial charge in [0, 0.05) is 49.7 Å². The summed E-state index contributed by atoms with van der Waals surface area (Å²) in [6.45, 7) is 4.53. The highest BCUT2D eigenvalue weighted by atomic mass is 15.2. The van der Waals surface area contributed by atoms with E-state index in [0.29, 0.717) is 17.9 Å². The number of imidazole rings is 1. The van der Waals surface area contributed by atoms with E-state index in [2.05, 4.69) is 98.2 Å². The van der Waals surface area contributed by atoms with Crippen LogP contribution in [0.1, 0.15) is 66.6 Å². The number of allylic oxidation sites excluding steroid dienone is 1. The minimum Gasteiger partial charge on any atom is -0.357 e. The monoisotopic (exact) mass is 503 g/mol. The Labute approximate surface area is 225 Å². The van der Waals surface area contributed by atoms with Gasteiger partial charge in [-0.15, -0.1) is 0 Å². The Hall–Kier alpha value is -3.44. The highest BCUT2D eigenvalue weighted by Crippen LogP contribution is 2.35. The zero-order valence-electron chi connectivity index (χ0n) is 22.1. The third-order valence-corrected chi connectivity index (χ3v) is 9.09. The summed E-state index contributed by atoms with van der Waals surface area (Å²) in [6, 6.07) is 22.7. The number of benzene rings is 1. The first-order valence-electron chi connectivity index (χ1n) is 14.5. The zero-order valence-corrected chi connectivity index (χ0v) is 22.1. The molecule has 2 atom stereocenters. The van der Waals surface area contributed by atoms with Crippen molar-refractivity contribution in [2.75, 3.05) is 31.1 Å². The molecule has 0 amide bonds. The van der Waals surface area contributed by atoms with Crippen molar-refractivity contribution < 1.29 is 0 Å². The zero-order chi connectivity index (χ0) is 25.3. The van der Waals surface area contributed by atoms with Crippen LogP contribution in [0, 0.1) is 5.92 Å². The standard InChI is InChI=1S/C33H37N5/c1-2-5-27(6-3-1)30-18-23-36(30)20-15-25-9-11-26-12-14-33(35-29(26)13-10-25)37-21-16-28(17-22-37)31-7-4-8-32-34-19-24-38(31)32/h1-9,11-12,14,19,24-25,28,30H,10,13,15-18,20-23H2. The molecule has 2 unspecified atom stereocenters. The molecular formula is C33H37N5. The van der Waals surface area contributed by atoms with Crippen molar-refractivity contribution in [2.45, 2.75) is 50.5 Å². The van der Waals surface area contributed by atoms with E-state index in [0.717, 1.165) is 43.8 Å². The molecule has 5 heteroatoms. The van der Waals surface area contributed by atoms with Gasteiger partial charge in [0.2, 0.25) is 0 Å². The summed E-state index contributed by atoms with van der Waals surface area (Å²) in [5, 5.41) is 0. The summed E-state index contributed by atoms with van der Waals surface area (Å²) in [7, 11) is 0. The molecule has 0 spiro atoms. The van der Waals surface area contributed by atoms with Crippen LogP contribution in [0.3, 0.4) is 0 Å². The van der Waals surface area contributed by atoms with E-state index in [-0.39, 0.29) is 0 Å². The van der Waals surface area contributed by atoms with Crippen molar-refractivity contribution in [1.29, 1.82) is 0 Å². The van der Waals surface area contributed by atoms with Gasteiger partial charge in [0.05, 0.1) is 5.69 Å². The van der Waals surface area contributed by atoms with Gasteiger partial charge < -0.3 is 9.30 Å². The summed E-state index contributed by atoms with van der Waals surface area (Å²) in [6.07, 6.45) is 15.9. The second-order valence-electron chi connectivity index (χ2n) is 11.3. The molecular weight excluding hydrogens is 466 g/mol. The Morgan fingerprint density at radius 1 is 0.842 bits per heavy atom. The van der Waals surface area contributed by atoms with Gasteiger partial charge in [0.15, 0.2) is 0 Å². The maximum atomic E-state index is 5.19. The second-order valence-corrected chi connectivity index (χ2v) is 11.3. The highest BCUT2D eigenvalue weighted by molar-refractivity contribution is 5.56. The molecule has 0 bridgehead atoms. The Balaban J connectivity index is 0.952. The second kappa shape index (κ2) is 10.4. The lowest BCUT2D eigenvalue weighted by Crippen LogP contribution is -2.41. The molecule has 3 aromatic heterocycles. The van der Waals surface area contributed by atoms with Crippen LogP contribution in [0.4, 0.5) is 5.82 Å². The Kier molecular flexibility index (Phi) is 6.46. The Bertz CT molecular complexity index is 1420. The number of aryl methyl sites for hydroxylation is 1. The van der Waals surface area contributed by atoms with Crippen molar-refractivity contribution in [3.63, 3.8) is 0 Å². The minimum atomic E-state index is 0.571. The lowest BCUT2D eigenvalue weighted by molar-refractivity contribution is 0.0851. The van der Waals surface area contributed by atoms with Gasteiger partial charge in [0.25, 0.3) is 0 Å². The SMILES string of the molecule is C1=CC(CCN2CCC2c2ccccc2)CCc2nc(N3CCC(c4cccc5nccn45)CC3)ccc21. The molecule has 5 heterocycles. The van der Waals surface area contributed by atoms with Crippen LogP contribution in [-0.4, -0.2) is 45.4 Å². The van der Waals surface area contributed by atoms with E-state index in [1.54, 1.807) is 0 Å². The number of nitrogens with zero attached hydrogens (tertiary/aromatic N) is 5. The number of piperidine rings is 1. The van der Waals surface area contributed by atoms with Crippen LogP contribution in [0.25, 0.3) is 11.7 Å². The molecule has 0 saturated carbocycles. The lowest BCUT2D eigenvalue weighted by Gasteiger charge is -2.42. The van der Waals surface area contributed by atoms with Gasteiger partial charge in [-0.05, 0) is 86.4 Å². The predicted octanol–water partition coefficient (Wildman–Crippen LogP) is 6.53. The number of aromatic nitrogens is 3. The largest absolute Gasteiger partial charge is 0.357 e. The first kappa shape index (κ1) is 23.7. The average molecular weight is 504 g/mol. The molecule has 2 fully saturated rings. The molecule has 1 aliphatic carbocycles. The molecule has 7 rings (SSSR count). The maximum Gasteiger partial charge on any atom is 0.136 e. The van der Waals surface area contributed by atoms with Gasteiger partial charge in [0.1, 0.15) is 11.5 Å². The fourth-order valence-corrected chi connectivity index (χ4v) is 6.73. The number of hydrogen-bond acceptors (Lipinski definition) is 4. The van der Waals surface area contributed by atoms with E-state index in [9.17, 15) is 0 Å². The number of rotatable bonds is 6. The average Bonchev–Trinajstić information content (AvgIpc) is 3.35. The van der Waals surface area contributed by atoms with Crippen molar-refractivity contribution >= 4 is 17.5 Å². The normalized spacial score (nSPS) is 22.3. The molecule has 0 N–H and O–H groups in total. The number of likely N-dealkylation sites (tertiary alicyclic amines) is 1. The molecule has 2 saturated heterocycles. The van der Waals surface area contributed by atoms with Gasteiger partial charge in [-0.2, -0.15) is 0 Å². The molecule has 5 nitrogen and oxygen atoms in total. The molecule has 3 aliphatic rings. The topological polar surface area (TPSA) is 36.7 Å². The summed E-state index contributed by atoms with van der Waals surface area (Å²) in [5.74, 6) is 2.36. The minimum absolute atomic E-state index is 0.571. The van der Waals surface area contributed by atoms with Crippen LogP contribution in [0.2, 0.25) is 0 Å². The van der Waals surface area contributed by atoms with Crippen molar-refractivity contribution in [2.24, 2.45) is 5.92 Å². The smallest absolute Gasteiger partial charge is 0.136 e. The molecule has 0 radical (unpaired) electrons. The van der Waals surface area contributed by atoms with Crippen LogP contribution in [-0.2, 0) is 6.42 Å². The van der Waals surface area contributed by atoms with E-state index in [1.165, 1.54) is 54.9 Å². The molecule has 4 aromatic rings. The molecule has 2 aliphatic heterocycles. The summed E-state index contributed by atoms with van der Waals surface area (Å²) in [4.78, 5) is 14.8. The lowest BCUT2D eigenvalue weighted by atomic mass is 9.92. The molecule has 1 aromatic carbocycles. The van der Waals surface area contributed by atoms with Gasteiger partial charge in [-0.25, -0.2) is 9.97 Å². The van der Waals surface area contributed by atoms with Crippen LogP contribution in [0.15, 0.2) is 79.1 Å². The maximum absolute atomic E-state index is 5.19. The van der Waals surface area contributed by atoms with E-state index >= 15 is 0 Å². The first-order valence-corrected chi connectivity index (χ1v) is 14.5.